The van der Waals surface area contributed by atoms with E-state index in [1.54, 1.807) is 6.07 Å². The van der Waals surface area contributed by atoms with Crippen LogP contribution in [-0.2, 0) is 0 Å². The van der Waals surface area contributed by atoms with E-state index < -0.39 is 5.82 Å². The summed E-state index contributed by atoms with van der Waals surface area (Å²) in [4.78, 5) is 17.3. The molecule has 1 amide bonds. The lowest BCUT2D eigenvalue weighted by Crippen LogP contribution is -2.14. The molecule has 5 heteroatoms. The van der Waals surface area contributed by atoms with Gasteiger partial charge in [-0.3, -0.25) is 9.78 Å². The number of amides is 1. The minimum Gasteiger partial charge on any atom is -0.321 e. The predicted molar refractivity (Wildman–Crippen MR) is 95.2 cm³/mol. The third kappa shape index (κ3) is 3.24. The number of aromatic nitrogens is 1. The molecule has 0 radical (unpaired) electrons. The van der Waals surface area contributed by atoms with E-state index in [0.717, 1.165) is 16.6 Å². The molecule has 3 aromatic rings. The second-order valence-corrected chi connectivity index (χ2v) is 6.25. The van der Waals surface area contributed by atoms with Crippen LogP contribution in [0.5, 0.6) is 0 Å². The van der Waals surface area contributed by atoms with Gasteiger partial charge in [0.15, 0.2) is 0 Å². The molecule has 3 rings (SSSR count). The number of carbonyl (C=O) groups excluding carboxylic acids is 1. The van der Waals surface area contributed by atoms with Crippen LogP contribution in [0.4, 0.5) is 10.1 Å². The van der Waals surface area contributed by atoms with Crippen molar-refractivity contribution in [1.29, 1.82) is 0 Å². The van der Waals surface area contributed by atoms with Crippen molar-refractivity contribution < 1.29 is 9.18 Å². The maximum atomic E-state index is 13.2. The summed E-state index contributed by atoms with van der Waals surface area (Å²) in [5, 5.41) is 3.67. The molecular weight excluding hydrogens is 327 g/mol. The van der Waals surface area contributed by atoms with Gasteiger partial charge < -0.3 is 5.32 Å². The summed E-state index contributed by atoms with van der Waals surface area (Å²) in [5.74, 6) is -0.561. The Labute approximate surface area is 144 Å². The number of nitrogens with zero attached hydrogens (tertiary/aromatic N) is 1. The first kappa shape index (κ1) is 16.4. The quantitative estimate of drug-likeness (QED) is 0.692. The number of nitrogens with one attached hydrogen (secondary N) is 1. The van der Waals surface area contributed by atoms with E-state index in [1.807, 2.05) is 38.1 Å². The summed E-state index contributed by atoms with van der Waals surface area (Å²) < 4.78 is 13.2. The molecule has 1 heterocycles. The molecule has 0 unspecified atom stereocenters. The number of halogens is 2. The molecule has 0 fully saturated rings. The SMILES string of the molecule is CC(C)c1cc(C(=O)Nc2ccc(F)cc2Cl)c2ccccc2n1. The zero-order valence-electron chi connectivity index (χ0n) is 13.3. The van der Waals surface area contributed by atoms with E-state index in [2.05, 4.69) is 10.3 Å². The Morgan fingerprint density at radius 1 is 1.17 bits per heavy atom. The maximum Gasteiger partial charge on any atom is 0.256 e. The fraction of sp³-hybridized carbons (Fsp3) is 0.158. The number of carbonyl (C=O) groups is 1. The van der Waals surface area contributed by atoms with Gasteiger partial charge in [0, 0.05) is 11.1 Å². The first-order valence-corrected chi connectivity index (χ1v) is 7.99. The topological polar surface area (TPSA) is 42.0 Å². The van der Waals surface area contributed by atoms with E-state index in [-0.39, 0.29) is 16.8 Å². The van der Waals surface area contributed by atoms with Crippen molar-refractivity contribution in [2.24, 2.45) is 0 Å². The summed E-state index contributed by atoms with van der Waals surface area (Å²) in [6.45, 7) is 4.05. The van der Waals surface area contributed by atoms with Crippen LogP contribution in [0, 0.1) is 5.82 Å². The molecule has 0 bridgehead atoms. The molecule has 0 saturated carbocycles. The normalized spacial score (nSPS) is 11.0. The highest BCUT2D eigenvalue weighted by molar-refractivity contribution is 6.34. The van der Waals surface area contributed by atoms with Gasteiger partial charge in [0.25, 0.3) is 5.91 Å². The highest BCUT2D eigenvalue weighted by atomic mass is 35.5. The Hall–Kier alpha value is -2.46. The van der Waals surface area contributed by atoms with E-state index in [9.17, 15) is 9.18 Å². The van der Waals surface area contributed by atoms with Crippen LogP contribution >= 0.6 is 11.6 Å². The van der Waals surface area contributed by atoms with Crippen LogP contribution in [0.1, 0.15) is 35.8 Å². The number of benzene rings is 2. The van der Waals surface area contributed by atoms with Crippen molar-refractivity contribution in [3.8, 4) is 0 Å². The Morgan fingerprint density at radius 2 is 1.92 bits per heavy atom. The number of hydrogen-bond acceptors (Lipinski definition) is 2. The van der Waals surface area contributed by atoms with E-state index in [4.69, 9.17) is 11.6 Å². The van der Waals surface area contributed by atoms with Crippen LogP contribution < -0.4 is 5.32 Å². The predicted octanol–water partition coefficient (Wildman–Crippen LogP) is 5.40. The first-order chi connectivity index (χ1) is 11.5. The van der Waals surface area contributed by atoms with Gasteiger partial charge in [-0.15, -0.1) is 0 Å². The second-order valence-electron chi connectivity index (χ2n) is 5.84. The smallest absolute Gasteiger partial charge is 0.256 e. The summed E-state index contributed by atoms with van der Waals surface area (Å²) >= 11 is 5.99. The fourth-order valence-corrected chi connectivity index (χ4v) is 2.67. The van der Waals surface area contributed by atoms with Crippen molar-refractivity contribution in [3.05, 3.63) is 70.6 Å². The summed E-state index contributed by atoms with van der Waals surface area (Å²) in [6, 6.07) is 13.1. The molecule has 1 aromatic heterocycles. The molecule has 2 aromatic carbocycles. The number of anilines is 1. The van der Waals surface area contributed by atoms with Gasteiger partial charge in [-0.1, -0.05) is 43.6 Å². The number of para-hydroxylation sites is 1. The third-order valence-electron chi connectivity index (χ3n) is 3.75. The number of hydrogen-bond donors (Lipinski definition) is 1. The van der Waals surface area contributed by atoms with Crippen LogP contribution in [0.25, 0.3) is 10.9 Å². The van der Waals surface area contributed by atoms with E-state index in [0.29, 0.717) is 11.3 Å². The lowest BCUT2D eigenvalue weighted by molar-refractivity contribution is 0.102. The summed E-state index contributed by atoms with van der Waals surface area (Å²) in [5.41, 5.74) is 2.49. The Bertz CT molecular complexity index is 924. The molecule has 0 aliphatic heterocycles. The first-order valence-electron chi connectivity index (χ1n) is 7.62. The fourth-order valence-electron chi connectivity index (χ4n) is 2.46. The zero-order chi connectivity index (χ0) is 17.3. The largest absolute Gasteiger partial charge is 0.321 e. The van der Waals surface area contributed by atoms with Crippen LogP contribution in [-0.4, -0.2) is 10.9 Å². The van der Waals surface area contributed by atoms with Gasteiger partial charge in [-0.2, -0.15) is 0 Å². The molecule has 0 aliphatic rings. The third-order valence-corrected chi connectivity index (χ3v) is 4.06. The van der Waals surface area contributed by atoms with Gasteiger partial charge in [0.1, 0.15) is 5.82 Å². The van der Waals surface area contributed by atoms with Crippen LogP contribution in [0.3, 0.4) is 0 Å². The van der Waals surface area contributed by atoms with E-state index in [1.165, 1.54) is 18.2 Å². The lowest BCUT2D eigenvalue weighted by Gasteiger charge is -2.12. The molecule has 1 N–H and O–H groups in total. The molecule has 0 saturated heterocycles. The van der Waals surface area contributed by atoms with Crippen molar-refractivity contribution in [2.45, 2.75) is 19.8 Å². The number of rotatable bonds is 3. The van der Waals surface area contributed by atoms with Crippen molar-refractivity contribution in [3.63, 3.8) is 0 Å². The van der Waals surface area contributed by atoms with Crippen molar-refractivity contribution in [1.82, 2.24) is 4.98 Å². The Balaban J connectivity index is 2.05. The van der Waals surface area contributed by atoms with Crippen molar-refractivity contribution in [2.75, 3.05) is 5.32 Å². The molecule has 122 valence electrons. The van der Waals surface area contributed by atoms with Gasteiger partial charge in [0.2, 0.25) is 0 Å². The molecule has 0 spiro atoms. The highest BCUT2D eigenvalue weighted by Crippen LogP contribution is 2.26. The summed E-state index contributed by atoms with van der Waals surface area (Å²) in [7, 11) is 0. The zero-order valence-corrected chi connectivity index (χ0v) is 14.1. The molecule has 24 heavy (non-hydrogen) atoms. The molecule has 3 nitrogen and oxygen atoms in total. The van der Waals surface area contributed by atoms with Crippen LogP contribution in [0.2, 0.25) is 5.02 Å². The monoisotopic (exact) mass is 342 g/mol. The minimum absolute atomic E-state index is 0.158. The van der Waals surface area contributed by atoms with Gasteiger partial charge >= 0.3 is 0 Å². The standard InChI is InChI=1S/C19H16ClFN2O/c1-11(2)18-10-14(13-5-3-4-6-16(13)22-18)19(24)23-17-8-7-12(21)9-15(17)20/h3-11H,1-2H3,(H,23,24). The average molecular weight is 343 g/mol. The lowest BCUT2D eigenvalue weighted by atomic mass is 10.0. The average Bonchev–Trinajstić information content (AvgIpc) is 2.56. The number of fused-ring (bicyclic) bond motifs is 1. The number of pyridine rings is 1. The van der Waals surface area contributed by atoms with Gasteiger partial charge in [0.05, 0.1) is 21.8 Å². The Morgan fingerprint density at radius 3 is 2.62 bits per heavy atom. The highest BCUT2D eigenvalue weighted by Gasteiger charge is 2.15. The van der Waals surface area contributed by atoms with E-state index >= 15 is 0 Å². The van der Waals surface area contributed by atoms with Crippen LogP contribution in [0.15, 0.2) is 48.5 Å². The molecular formula is C19H16ClFN2O. The van der Waals surface area contributed by atoms with Gasteiger partial charge in [-0.25, -0.2) is 4.39 Å². The maximum absolute atomic E-state index is 13.2. The second kappa shape index (κ2) is 6.57. The van der Waals surface area contributed by atoms with Crippen molar-refractivity contribution >= 4 is 34.1 Å². The molecule has 0 aliphatic carbocycles. The Kier molecular flexibility index (Phi) is 4.49. The van der Waals surface area contributed by atoms with Gasteiger partial charge in [-0.05, 0) is 36.2 Å². The summed E-state index contributed by atoms with van der Waals surface area (Å²) in [6.07, 6.45) is 0. The molecule has 0 atom stereocenters. The minimum atomic E-state index is -0.450.